The summed E-state index contributed by atoms with van der Waals surface area (Å²) in [5.74, 6) is -0.900. The van der Waals surface area contributed by atoms with E-state index in [0.717, 1.165) is 28.8 Å². The highest BCUT2D eigenvalue weighted by Gasteiger charge is 2.38. The molecule has 2 aromatic carbocycles. The lowest BCUT2D eigenvalue weighted by Gasteiger charge is -2.30. The van der Waals surface area contributed by atoms with Crippen molar-refractivity contribution < 1.29 is 14.4 Å². The second-order valence-electron chi connectivity index (χ2n) is 10.2. The van der Waals surface area contributed by atoms with Gasteiger partial charge in [-0.25, -0.2) is 4.90 Å². The van der Waals surface area contributed by atoms with E-state index in [2.05, 4.69) is 25.9 Å². The van der Waals surface area contributed by atoms with Gasteiger partial charge in [0.2, 0.25) is 0 Å². The molecule has 0 saturated heterocycles. The van der Waals surface area contributed by atoms with Gasteiger partial charge < -0.3 is 4.90 Å². The van der Waals surface area contributed by atoms with Crippen LogP contribution in [0.4, 0.5) is 5.69 Å². The van der Waals surface area contributed by atoms with Gasteiger partial charge in [-0.3, -0.25) is 19.1 Å². The summed E-state index contributed by atoms with van der Waals surface area (Å²) in [6, 6.07) is 10.5. The first-order valence-corrected chi connectivity index (χ1v) is 11.5. The predicted octanol–water partition coefficient (Wildman–Crippen LogP) is 4.25. The Morgan fingerprint density at radius 2 is 1.71 bits per heavy atom. The third kappa shape index (κ3) is 3.43. The molecular weight excluding hydrogens is 428 g/mol. The molecule has 5 rings (SSSR count). The Morgan fingerprint density at radius 3 is 2.44 bits per heavy atom. The van der Waals surface area contributed by atoms with Gasteiger partial charge in [-0.05, 0) is 70.0 Å². The molecule has 0 fully saturated rings. The number of rotatable bonds is 2. The van der Waals surface area contributed by atoms with Crippen LogP contribution in [0.5, 0.6) is 0 Å². The highest BCUT2D eigenvalue weighted by Crippen LogP contribution is 2.32. The van der Waals surface area contributed by atoms with Crippen LogP contribution in [0.25, 0.3) is 0 Å². The SMILES string of the molecule is Cc1ccc(C)c(N2C(=O)c3ccc(C(=O)N4CCc5c(cnn5C(C)(C)C)C4)cc3C2=O)c1. The molecule has 0 saturated carbocycles. The minimum absolute atomic E-state index is 0.117. The minimum atomic E-state index is -0.393. The molecule has 0 aliphatic carbocycles. The van der Waals surface area contributed by atoms with Crippen LogP contribution in [0, 0.1) is 13.8 Å². The summed E-state index contributed by atoms with van der Waals surface area (Å²) in [4.78, 5) is 42.7. The monoisotopic (exact) mass is 456 g/mol. The smallest absolute Gasteiger partial charge is 0.266 e. The van der Waals surface area contributed by atoms with Gasteiger partial charge in [-0.15, -0.1) is 0 Å². The normalized spacial score (nSPS) is 15.6. The lowest BCUT2D eigenvalue weighted by atomic mass is 10.0. The topological polar surface area (TPSA) is 75.5 Å². The number of carbonyl (C=O) groups is 3. The first kappa shape index (κ1) is 22.1. The Balaban J connectivity index is 1.42. The standard InChI is InChI=1S/C27H28N4O3/c1-16-6-7-17(2)23(12-16)30-25(33)20-9-8-18(13-21(20)26(30)34)24(32)29-11-10-22-19(15-29)14-28-31(22)27(3,4)5/h6-9,12-14H,10-11,15H2,1-5H3. The van der Waals surface area contributed by atoms with Crippen molar-refractivity contribution in [1.82, 2.24) is 14.7 Å². The van der Waals surface area contributed by atoms with E-state index in [0.29, 0.717) is 29.9 Å². The molecule has 0 spiro atoms. The summed E-state index contributed by atoms with van der Waals surface area (Å²) in [6.45, 7) is 11.2. The van der Waals surface area contributed by atoms with Gasteiger partial charge in [-0.1, -0.05) is 12.1 Å². The van der Waals surface area contributed by atoms with E-state index < -0.39 is 5.91 Å². The summed E-state index contributed by atoms with van der Waals surface area (Å²) in [5, 5.41) is 4.54. The lowest BCUT2D eigenvalue weighted by molar-refractivity contribution is 0.0732. The fraction of sp³-hybridized carbons (Fsp3) is 0.333. The molecule has 0 bridgehead atoms. The zero-order chi connectivity index (χ0) is 24.4. The van der Waals surface area contributed by atoms with Gasteiger partial charge in [0.1, 0.15) is 0 Å². The van der Waals surface area contributed by atoms with E-state index in [1.165, 1.54) is 4.90 Å². The number of hydrogen-bond acceptors (Lipinski definition) is 4. The molecule has 2 aliphatic heterocycles. The van der Waals surface area contributed by atoms with Crippen LogP contribution in [0.2, 0.25) is 0 Å². The van der Waals surface area contributed by atoms with Crippen molar-refractivity contribution in [3.05, 3.63) is 81.7 Å². The summed E-state index contributed by atoms with van der Waals surface area (Å²) in [7, 11) is 0. The molecule has 34 heavy (non-hydrogen) atoms. The van der Waals surface area contributed by atoms with Crippen molar-refractivity contribution >= 4 is 23.4 Å². The van der Waals surface area contributed by atoms with E-state index in [4.69, 9.17) is 0 Å². The van der Waals surface area contributed by atoms with Crippen molar-refractivity contribution in [3.8, 4) is 0 Å². The summed E-state index contributed by atoms with van der Waals surface area (Å²) >= 11 is 0. The largest absolute Gasteiger partial charge is 0.334 e. The molecule has 3 heterocycles. The molecule has 7 heteroatoms. The maximum absolute atomic E-state index is 13.3. The van der Waals surface area contributed by atoms with E-state index >= 15 is 0 Å². The van der Waals surface area contributed by atoms with Crippen LogP contribution in [-0.4, -0.2) is 38.9 Å². The van der Waals surface area contributed by atoms with Crippen LogP contribution in [0.3, 0.4) is 0 Å². The Bertz CT molecular complexity index is 1360. The van der Waals surface area contributed by atoms with E-state index in [9.17, 15) is 14.4 Å². The zero-order valence-corrected chi connectivity index (χ0v) is 20.2. The third-order valence-corrected chi connectivity index (χ3v) is 6.60. The molecular formula is C27H28N4O3. The van der Waals surface area contributed by atoms with Crippen LogP contribution in [0.15, 0.2) is 42.6 Å². The molecule has 0 radical (unpaired) electrons. The van der Waals surface area contributed by atoms with Gasteiger partial charge in [0, 0.05) is 36.3 Å². The molecule has 174 valence electrons. The van der Waals surface area contributed by atoms with Crippen LogP contribution >= 0.6 is 0 Å². The Hall–Kier alpha value is -3.74. The number of amides is 3. The molecule has 0 atom stereocenters. The number of aromatic nitrogens is 2. The first-order valence-electron chi connectivity index (χ1n) is 11.5. The number of fused-ring (bicyclic) bond motifs is 2. The number of carbonyl (C=O) groups excluding carboxylic acids is 3. The van der Waals surface area contributed by atoms with Crippen molar-refractivity contribution in [3.63, 3.8) is 0 Å². The summed E-state index contributed by atoms with van der Waals surface area (Å²) < 4.78 is 2.03. The predicted molar refractivity (Wildman–Crippen MR) is 129 cm³/mol. The third-order valence-electron chi connectivity index (χ3n) is 6.60. The van der Waals surface area contributed by atoms with Gasteiger partial charge in [0.15, 0.2) is 0 Å². The van der Waals surface area contributed by atoms with Crippen molar-refractivity contribution in [2.24, 2.45) is 0 Å². The lowest BCUT2D eigenvalue weighted by Crippen LogP contribution is -2.37. The second-order valence-corrected chi connectivity index (χ2v) is 10.2. The zero-order valence-electron chi connectivity index (χ0n) is 20.2. The average Bonchev–Trinajstić information content (AvgIpc) is 3.33. The maximum atomic E-state index is 13.3. The highest BCUT2D eigenvalue weighted by molar-refractivity contribution is 6.35. The quantitative estimate of drug-likeness (QED) is 0.540. The van der Waals surface area contributed by atoms with Gasteiger partial charge in [-0.2, -0.15) is 5.10 Å². The van der Waals surface area contributed by atoms with Gasteiger partial charge in [0.05, 0.1) is 28.6 Å². The molecule has 2 aliphatic rings. The fourth-order valence-electron chi connectivity index (χ4n) is 4.82. The summed E-state index contributed by atoms with van der Waals surface area (Å²) in [5.41, 5.74) is 5.49. The van der Waals surface area contributed by atoms with Crippen LogP contribution in [0.1, 0.15) is 74.2 Å². The van der Waals surface area contributed by atoms with Crippen LogP contribution < -0.4 is 4.90 Å². The molecule has 1 aromatic heterocycles. The van der Waals surface area contributed by atoms with Gasteiger partial charge >= 0.3 is 0 Å². The number of anilines is 1. The molecule has 0 N–H and O–H groups in total. The van der Waals surface area contributed by atoms with Crippen molar-refractivity contribution in [1.29, 1.82) is 0 Å². The number of imide groups is 1. The second kappa shape index (κ2) is 7.65. The Labute approximate surface area is 199 Å². The number of aryl methyl sites for hydroxylation is 2. The highest BCUT2D eigenvalue weighted by atomic mass is 16.2. The summed E-state index contributed by atoms with van der Waals surface area (Å²) in [6.07, 6.45) is 2.56. The molecule has 3 amide bonds. The molecule has 0 unspecified atom stereocenters. The van der Waals surface area contributed by atoms with E-state index in [1.54, 1.807) is 23.1 Å². The Morgan fingerprint density at radius 1 is 0.971 bits per heavy atom. The van der Waals surface area contributed by atoms with Crippen molar-refractivity contribution in [2.45, 2.75) is 53.1 Å². The van der Waals surface area contributed by atoms with Crippen molar-refractivity contribution in [2.75, 3.05) is 11.4 Å². The molecule has 3 aromatic rings. The van der Waals surface area contributed by atoms with E-state index in [1.807, 2.05) is 42.9 Å². The average molecular weight is 457 g/mol. The van der Waals surface area contributed by atoms with Gasteiger partial charge in [0.25, 0.3) is 17.7 Å². The Kier molecular flexibility index (Phi) is 4.97. The fourth-order valence-corrected chi connectivity index (χ4v) is 4.82. The van der Waals surface area contributed by atoms with E-state index in [-0.39, 0.29) is 22.9 Å². The number of benzene rings is 2. The minimum Gasteiger partial charge on any atom is -0.334 e. The molecule has 7 nitrogen and oxygen atoms in total. The first-order chi connectivity index (χ1) is 16.1. The maximum Gasteiger partial charge on any atom is 0.266 e. The number of nitrogens with zero attached hydrogens (tertiary/aromatic N) is 4. The number of hydrogen-bond donors (Lipinski definition) is 0. The van der Waals surface area contributed by atoms with Crippen LogP contribution in [-0.2, 0) is 18.5 Å².